The number of halogens is 2. The fraction of sp³-hybridized carbons (Fsp3) is 0.278. The highest BCUT2D eigenvalue weighted by atomic mass is 35.5. The summed E-state index contributed by atoms with van der Waals surface area (Å²) in [5, 5.41) is 24.6. The van der Waals surface area contributed by atoms with Crippen molar-refractivity contribution in [3.63, 3.8) is 0 Å². The third-order valence-electron chi connectivity index (χ3n) is 4.37. The maximum atomic E-state index is 12.0. The summed E-state index contributed by atoms with van der Waals surface area (Å²) < 4.78 is 11.6. The molecule has 1 fully saturated rings. The lowest BCUT2D eigenvalue weighted by atomic mass is 10.0. The van der Waals surface area contributed by atoms with Crippen molar-refractivity contribution in [3.05, 3.63) is 79.9 Å². The van der Waals surface area contributed by atoms with Crippen LogP contribution in [0.15, 0.2) is 48.5 Å². The van der Waals surface area contributed by atoms with Crippen LogP contribution < -0.4 is 5.32 Å². The minimum Gasteiger partial charge on any atom is -0.346 e. The van der Waals surface area contributed by atoms with E-state index in [9.17, 15) is 25.0 Å². The Morgan fingerprint density at radius 2 is 1.70 bits per heavy atom. The minimum absolute atomic E-state index is 0.0126. The topological polar surface area (TPSA) is 134 Å². The van der Waals surface area contributed by atoms with Crippen LogP contribution in [0.1, 0.15) is 23.5 Å². The Morgan fingerprint density at radius 3 is 2.30 bits per heavy atom. The minimum atomic E-state index is -1.31. The standard InChI is InChI=1S/C18H15Cl2N3O7/c19-16(20)17(24)21-14-9-29-18(11-2-1-3-13(8-11)23(27)28)30-15(14)10-4-6-12(7-5-10)22(25)26/h1-8,14-16,18H,9H2,(H,21,24)/t14-,15-,18+/m0/s1. The molecule has 1 amide bonds. The Labute approximate surface area is 180 Å². The van der Waals surface area contributed by atoms with E-state index in [4.69, 9.17) is 32.7 Å². The van der Waals surface area contributed by atoms with Gasteiger partial charge in [0, 0.05) is 29.8 Å². The molecule has 3 atom stereocenters. The maximum Gasteiger partial charge on any atom is 0.269 e. The Kier molecular flexibility index (Phi) is 6.83. The molecule has 1 N–H and O–H groups in total. The number of nitrogens with one attached hydrogen (secondary N) is 1. The molecule has 1 aliphatic rings. The van der Waals surface area contributed by atoms with Gasteiger partial charge in [-0.2, -0.15) is 0 Å². The van der Waals surface area contributed by atoms with E-state index in [-0.39, 0.29) is 18.0 Å². The number of non-ortho nitro benzene ring substituents is 2. The summed E-state index contributed by atoms with van der Waals surface area (Å²) >= 11 is 11.2. The van der Waals surface area contributed by atoms with Gasteiger partial charge in [0.15, 0.2) is 11.1 Å². The number of nitrogens with zero attached hydrogens (tertiary/aromatic N) is 2. The predicted molar refractivity (Wildman–Crippen MR) is 106 cm³/mol. The third kappa shape index (κ3) is 5.03. The fourth-order valence-electron chi connectivity index (χ4n) is 2.97. The summed E-state index contributed by atoms with van der Waals surface area (Å²) in [6.07, 6.45) is -1.74. The molecule has 158 valence electrons. The zero-order valence-electron chi connectivity index (χ0n) is 15.1. The van der Waals surface area contributed by atoms with Crippen molar-refractivity contribution < 1.29 is 24.1 Å². The molecule has 1 saturated heterocycles. The van der Waals surface area contributed by atoms with Crippen LogP contribution in [-0.2, 0) is 14.3 Å². The van der Waals surface area contributed by atoms with Gasteiger partial charge in [-0.05, 0) is 17.7 Å². The molecule has 0 unspecified atom stereocenters. The molecule has 2 aromatic rings. The van der Waals surface area contributed by atoms with Gasteiger partial charge < -0.3 is 14.8 Å². The molecular formula is C18H15Cl2N3O7. The molecule has 0 radical (unpaired) electrons. The van der Waals surface area contributed by atoms with Gasteiger partial charge >= 0.3 is 0 Å². The van der Waals surface area contributed by atoms with Gasteiger partial charge in [-0.25, -0.2) is 0 Å². The Hall–Kier alpha value is -2.79. The van der Waals surface area contributed by atoms with Gasteiger partial charge in [0.05, 0.1) is 22.5 Å². The van der Waals surface area contributed by atoms with E-state index in [1.54, 1.807) is 6.07 Å². The van der Waals surface area contributed by atoms with Gasteiger partial charge in [-0.15, -0.1) is 0 Å². The fourth-order valence-corrected chi connectivity index (χ4v) is 3.09. The maximum absolute atomic E-state index is 12.0. The first kappa shape index (κ1) is 21.9. The van der Waals surface area contributed by atoms with Crippen LogP contribution in [-0.4, -0.2) is 33.2 Å². The monoisotopic (exact) mass is 455 g/mol. The van der Waals surface area contributed by atoms with Crippen molar-refractivity contribution in [2.24, 2.45) is 0 Å². The normalized spacial score (nSPS) is 21.2. The van der Waals surface area contributed by atoms with Gasteiger partial charge in [-0.1, -0.05) is 35.3 Å². The number of rotatable bonds is 6. The molecule has 12 heteroatoms. The van der Waals surface area contributed by atoms with Crippen LogP contribution in [0.5, 0.6) is 0 Å². The highest BCUT2D eigenvalue weighted by Crippen LogP contribution is 2.36. The quantitative estimate of drug-likeness (QED) is 0.399. The van der Waals surface area contributed by atoms with E-state index in [2.05, 4.69) is 5.32 Å². The zero-order chi connectivity index (χ0) is 21.8. The van der Waals surface area contributed by atoms with Crippen LogP contribution in [0.3, 0.4) is 0 Å². The zero-order valence-corrected chi connectivity index (χ0v) is 16.7. The number of amides is 1. The van der Waals surface area contributed by atoms with Crippen LogP contribution in [0.2, 0.25) is 0 Å². The number of ether oxygens (including phenoxy) is 2. The van der Waals surface area contributed by atoms with Gasteiger partial charge in [-0.3, -0.25) is 25.0 Å². The Balaban J connectivity index is 1.89. The number of nitro groups is 2. The van der Waals surface area contributed by atoms with Crippen LogP contribution in [0.4, 0.5) is 11.4 Å². The van der Waals surface area contributed by atoms with Crippen LogP contribution in [0, 0.1) is 20.2 Å². The lowest BCUT2D eigenvalue weighted by Gasteiger charge is -2.37. The van der Waals surface area contributed by atoms with Crippen molar-refractivity contribution in [1.29, 1.82) is 0 Å². The third-order valence-corrected chi connectivity index (χ3v) is 4.77. The second-order valence-electron chi connectivity index (χ2n) is 6.34. The molecule has 0 bridgehead atoms. The Morgan fingerprint density at radius 1 is 1.03 bits per heavy atom. The van der Waals surface area contributed by atoms with Crippen molar-refractivity contribution in [1.82, 2.24) is 5.32 Å². The van der Waals surface area contributed by atoms with Crippen LogP contribution >= 0.6 is 23.2 Å². The number of carbonyl (C=O) groups is 1. The number of hydrogen-bond donors (Lipinski definition) is 1. The average molecular weight is 456 g/mol. The predicted octanol–water partition coefficient (Wildman–Crippen LogP) is 3.58. The highest BCUT2D eigenvalue weighted by molar-refractivity contribution is 6.53. The number of carbonyl (C=O) groups excluding carboxylic acids is 1. The summed E-state index contributed by atoms with van der Waals surface area (Å²) in [6, 6.07) is 10.7. The molecule has 0 aromatic heterocycles. The summed E-state index contributed by atoms with van der Waals surface area (Å²) in [7, 11) is 0. The molecule has 1 heterocycles. The first-order chi connectivity index (χ1) is 14.3. The molecule has 0 spiro atoms. The van der Waals surface area contributed by atoms with E-state index in [0.717, 1.165) is 0 Å². The lowest BCUT2D eigenvalue weighted by Crippen LogP contribution is -2.48. The SMILES string of the molecule is O=C(N[C@H]1CO[C@@H](c2cccc([N+](=O)[O-])c2)O[C@H]1c1ccc([N+](=O)[O-])cc1)C(Cl)Cl. The number of benzene rings is 2. The summed E-state index contributed by atoms with van der Waals surface area (Å²) in [5.41, 5.74) is 0.705. The van der Waals surface area contributed by atoms with E-state index in [0.29, 0.717) is 11.1 Å². The number of alkyl halides is 2. The molecule has 30 heavy (non-hydrogen) atoms. The first-order valence-corrected chi connectivity index (χ1v) is 9.48. The van der Waals surface area contributed by atoms with Crippen molar-refractivity contribution in [2.45, 2.75) is 23.3 Å². The molecule has 0 saturated carbocycles. The smallest absolute Gasteiger partial charge is 0.269 e. The summed E-state index contributed by atoms with van der Waals surface area (Å²) in [5.74, 6) is -0.656. The lowest BCUT2D eigenvalue weighted by molar-refractivity contribution is -0.385. The number of nitro benzene ring substituents is 2. The first-order valence-electron chi connectivity index (χ1n) is 8.60. The van der Waals surface area contributed by atoms with Gasteiger partial charge in [0.25, 0.3) is 17.3 Å². The van der Waals surface area contributed by atoms with Gasteiger partial charge in [0.1, 0.15) is 6.10 Å². The second kappa shape index (κ2) is 9.35. The van der Waals surface area contributed by atoms with Crippen molar-refractivity contribution in [3.8, 4) is 0 Å². The van der Waals surface area contributed by atoms with Gasteiger partial charge in [0.2, 0.25) is 0 Å². The van der Waals surface area contributed by atoms with Crippen LogP contribution in [0.25, 0.3) is 0 Å². The molecule has 3 rings (SSSR count). The number of hydrogen-bond acceptors (Lipinski definition) is 7. The summed E-state index contributed by atoms with van der Waals surface area (Å²) in [6.45, 7) is -0.0126. The summed E-state index contributed by atoms with van der Waals surface area (Å²) in [4.78, 5) is 31.5. The second-order valence-corrected chi connectivity index (χ2v) is 7.43. The molecule has 0 aliphatic carbocycles. The molecule has 10 nitrogen and oxygen atoms in total. The average Bonchev–Trinajstić information content (AvgIpc) is 2.74. The highest BCUT2D eigenvalue weighted by Gasteiger charge is 2.36. The van der Waals surface area contributed by atoms with E-state index >= 15 is 0 Å². The molecular weight excluding hydrogens is 441 g/mol. The largest absolute Gasteiger partial charge is 0.346 e. The van der Waals surface area contributed by atoms with E-state index < -0.39 is 39.0 Å². The van der Waals surface area contributed by atoms with E-state index in [1.165, 1.54) is 42.5 Å². The Bertz CT molecular complexity index is 955. The van der Waals surface area contributed by atoms with Crippen molar-refractivity contribution in [2.75, 3.05) is 6.61 Å². The van der Waals surface area contributed by atoms with Crippen molar-refractivity contribution >= 4 is 40.5 Å². The molecule has 1 aliphatic heterocycles. The van der Waals surface area contributed by atoms with E-state index in [1.807, 2.05) is 0 Å². The molecule has 2 aromatic carbocycles.